The smallest absolute Gasteiger partial charge is 0.193 e. The fourth-order valence-electron chi connectivity index (χ4n) is 2.26. The summed E-state index contributed by atoms with van der Waals surface area (Å²) in [7, 11) is 3.96. The number of hydrogen-bond donors (Lipinski definition) is 0. The standard InChI is InChI=1S/C13H20N2O/c1-14(9-11-5-3-6-11)10-13(16)12-7-4-8-15(12)2/h4,7-8,11H,3,5-6,9-10H2,1-2H3. The summed E-state index contributed by atoms with van der Waals surface area (Å²) in [6, 6.07) is 3.80. The number of carbonyl (C=O) groups is 1. The first-order valence-corrected chi connectivity index (χ1v) is 6.00. The van der Waals surface area contributed by atoms with Crippen LogP contribution in [0.25, 0.3) is 0 Å². The van der Waals surface area contributed by atoms with E-state index in [0.717, 1.165) is 18.2 Å². The molecule has 0 atom stereocenters. The SMILES string of the molecule is CN(CC(=O)c1cccn1C)CC1CCC1. The number of aryl methyl sites for hydroxylation is 1. The zero-order valence-corrected chi connectivity index (χ0v) is 10.1. The summed E-state index contributed by atoms with van der Waals surface area (Å²) in [4.78, 5) is 14.1. The lowest BCUT2D eigenvalue weighted by atomic mass is 9.85. The van der Waals surface area contributed by atoms with Crippen molar-refractivity contribution in [2.24, 2.45) is 13.0 Å². The maximum atomic E-state index is 12.0. The molecule has 1 aromatic heterocycles. The average molecular weight is 220 g/mol. The van der Waals surface area contributed by atoms with Gasteiger partial charge in [0.05, 0.1) is 12.2 Å². The summed E-state index contributed by atoms with van der Waals surface area (Å²) in [5, 5.41) is 0. The molecule has 0 saturated heterocycles. The van der Waals surface area contributed by atoms with Crippen molar-refractivity contribution in [1.82, 2.24) is 9.47 Å². The van der Waals surface area contributed by atoms with Crippen molar-refractivity contribution >= 4 is 5.78 Å². The highest BCUT2D eigenvalue weighted by Crippen LogP contribution is 2.26. The van der Waals surface area contributed by atoms with E-state index in [-0.39, 0.29) is 5.78 Å². The molecule has 16 heavy (non-hydrogen) atoms. The van der Waals surface area contributed by atoms with Gasteiger partial charge in [-0.1, -0.05) is 6.42 Å². The van der Waals surface area contributed by atoms with Gasteiger partial charge in [-0.3, -0.25) is 9.69 Å². The van der Waals surface area contributed by atoms with Crippen LogP contribution in [-0.2, 0) is 7.05 Å². The summed E-state index contributed by atoms with van der Waals surface area (Å²) in [6.45, 7) is 1.60. The first-order valence-electron chi connectivity index (χ1n) is 6.00. The second-order valence-electron chi connectivity index (χ2n) is 4.92. The van der Waals surface area contributed by atoms with Crippen LogP contribution >= 0.6 is 0 Å². The van der Waals surface area contributed by atoms with Gasteiger partial charge in [-0.2, -0.15) is 0 Å². The summed E-state index contributed by atoms with van der Waals surface area (Å²) in [5.74, 6) is 1.04. The molecule has 0 radical (unpaired) electrons. The van der Waals surface area contributed by atoms with Crippen molar-refractivity contribution in [2.45, 2.75) is 19.3 Å². The van der Waals surface area contributed by atoms with E-state index in [1.54, 1.807) is 0 Å². The molecule has 0 N–H and O–H groups in total. The van der Waals surface area contributed by atoms with Gasteiger partial charge >= 0.3 is 0 Å². The Bertz CT molecular complexity index is 366. The number of rotatable bonds is 5. The molecule has 3 heteroatoms. The predicted molar refractivity (Wildman–Crippen MR) is 64.6 cm³/mol. The van der Waals surface area contributed by atoms with Crippen molar-refractivity contribution < 1.29 is 4.79 Å². The Hall–Kier alpha value is -1.09. The molecule has 1 aliphatic carbocycles. The maximum Gasteiger partial charge on any atom is 0.193 e. The van der Waals surface area contributed by atoms with Gasteiger partial charge in [0, 0.05) is 19.8 Å². The van der Waals surface area contributed by atoms with E-state index in [0.29, 0.717) is 6.54 Å². The van der Waals surface area contributed by atoms with Gasteiger partial charge < -0.3 is 4.57 Å². The number of aromatic nitrogens is 1. The lowest BCUT2D eigenvalue weighted by Gasteiger charge is -2.29. The number of carbonyl (C=O) groups excluding carboxylic acids is 1. The third kappa shape index (κ3) is 2.53. The zero-order chi connectivity index (χ0) is 11.5. The van der Waals surface area contributed by atoms with Crippen LogP contribution in [0.4, 0.5) is 0 Å². The Morgan fingerprint density at radius 1 is 1.56 bits per heavy atom. The number of likely N-dealkylation sites (N-methyl/N-ethyl adjacent to an activating group) is 1. The summed E-state index contributed by atoms with van der Waals surface area (Å²) < 4.78 is 1.89. The molecular weight excluding hydrogens is 200 g/mol. The van der Waals surface area contributed by atoms with E-state index in [2.05, 4.69) is 4.90 Å². The average Bonchev–Trinajstić information content (AvgIpc) is 2.58. The molecule has 3 nitrogen and oxygen atoms in total. The fourth-order valence-corrected chi connectivity index (χ4v) is 2.26. The minimum absolute atomic E-state index is 0.217. The van der Waals surface area contributed by atoms with Gasteiger partial charge in [0.15, 0.2) is 5.78 Å². The van der Waals surface area contributed by atoms with Crippen LogP contribution in [0.3, 0.4) is 0 Å². The zero-order valence-electron chi connectivity index (χ0n) is 10.1. The van der Waals surface area contributed by atoms with E-state index < -0.39 is 0 Å². The molecular formula is C13H20N2O. The molecule has 0 amide bonds. The lowest BCUT2D eigenvalue weighted by Crippen LogP contribution is -2.33. The molecule has 1 fully saturated rings. The highest BCUT2D eigenvalue weighted by atomic mass is 16.1. The van der Waals surface area contributed by atoms with Crippen molar-refractivity contribution in [3.8, 4) is 0 Å². The summed E-state index contributed by atoms with van der Waals surface area (Å²) in [6.07, 6.45) is 5.95. The van der Waals surface area contributed by atoms with Crippen LogP contribution < -0.4 is 0 Å². The van der Waals surface area contributed by atoms with Gasteiger partial charge in [-0.25, -0.2) is 0 Å². The quantitative estimate of drug-likeness (QED) is 0.709. The van der Waals surface area contributed by atoms with Crippen molar-refractivity contribution in [1.29, 1.82) is 0 Å². The van der Waals surface area contributed by atoms with Gasteiger partial charge in [0.2, 0.25) is 0 Å². The first-order chi connectivity index (χ1) is 7.66. The van der Waals surface area contributed by atoms with Crippen LogP contribution in [0.2, 0.25) is 0 Å². The van der Waals surface area contributed by atoms with Crippen molar-refractivity contribution in [3.63, 3.8) is 0 Å². The predicted octanol–water partition coefficient (Wildman–Crippen LogP) is 1.94. The Labute approximate surface area is 97.1 Å². The number of nitrogens with zero attached hydrogens (tertiary/aromatic N) is 2. The molecule has 2 rings (SSSR count). The Morgan fingerprint density at radius 2 is 2.31 bits per heavy atom. The van der Waals surface area contributed by atoms with Crippen LogP contribution in [0.1, 0.15) is 29.8 Å². The topological polar surface area (TPSA) is 25.2 Å². The van der Waals surface area contributed by atoms with Crippen molar-refractivity contribution in [2.75, 3.05) is 20.1 Å². The second-order valence-corrected chi connectivity index (χ2v) is 4.92. The number of ketones is 1. The molecule has 1 saturated carbocycles. The Morgan fingerprint density at radius 3 is 2.81 bits per heavy atom. The van der Waals surface area contributed by atoms with Crippen LogP contribution in [0.5, 0.6) is 0 Å². The summed E-state index contributed by atoms with van der Waals surface area (Å²) >= 11 is 0. The molecule has 1 heterocycles. The first kappa shape index (κ1) is 11.4. The van der Waals surface area contributed by atoms with E-state index in [9.17, 15) is 4.79 Å². The third-order valence-electron chi connectivity index (χ3n) is 3.44. The van der Waals surface area contributed by atoms with E-state index >= 15 is 0 Å². The molecule has 0 bridgehead atoms. The third-order valence-corrected chi connectivity index (χ3v) is 3.44. The van der Waals surface area contributed by atoms with Gasteiger partial charge in [0.1, 0.15) is 0 Å². The maximum absolute atomic E-state index is 12.0. The van der Waals surface area contributed by atoms with E-state index in [1.807, 2.05) is 37.0 Å². The van der Waals surface area contributed by atoms with E-state index in [4.69, 9.17) is 0 Å². The monoisotopic (exact) mass is 220 g/mol. The minimum atomic E-state index is 0.217. The fraction of sp³-hybridized carbons (Fsp3) is 0.615. The van der Waals surface area contributed by atoms with Gasteiger partial charge in [-0.15, -0.1) is 0 Å². The molecule has 0 aromatic carbocycles. The lowest BCUT2D eigenvalue weighted by molar-refractivity contribution is 0.0917. The van der Waals surface area contributed by atoms with Crippen LogP contribution in [0.15, 0.2) is 18.3 Å². The van der Waals surface area contributed by atoms with Gasteiger partial charge in [0.25, 0.3) is 0 Å². The highest BCUT2D eigenvalue weighted by molar-refractivity contribution is 5.96. The normalized spacial score (nSPS) is 16.4. The largest absolute Gasteiger partial charge is 0.348 e. The number of hydrogen-bond acceptors (Lipinski definition) is 2. The van der Waals surface area contributed by atoms with Crippen LogP contribution in [0, 0.1) is 5.92 Å². The summed E-state index contributed by atoms with van der Waals surface area (Å²) in [5.41, 5.74) is 0.806. The minimum Gasteiger partial charge on any atom is -0.348 e. The molecule has 1 aromatic rings. The van der Waals surface area contributed by atoms with Gasteiger partial charge in [-0.05, 0) is 37.9 Å². The molecule has 0 aliphatic heterocycles. The molecule has 0 spiro atoms. The molecule has 1 aliphatic rings. The van der Waals surface area contributed by atoms with E-state index in [1.165, 1.54) is 19.3 Å². The van der Waals surface area contributed by atoms with Crippen molar-refractivity contribution in [3.05, 3.63) is 24.0 Å². The van der Waals surface area contributed by atoms with Crippen LogP contribution in [-0.4, -0.2) is 35.4 Å². The highest BCUT2D eigenvalue weighted by Gasteiger charge is 2.20. The molecule has 0 unspecified atom stereocenters. The second kappa shape index (κ2) is 4.83. The molecule has 88 valence electrons. The number of Topliss-reactive ketones (excluding diaryl/α,β-unsaturated/α-hetero) is 1. The Kier molecular flexibility index (Phi) is 3.44. The Balaban J connectivity index is 1.84.